The minimum atomic E-state index is -0.304. The van der Waals surface area contributed by atoms with Gasteiger partial charge in [-0.3, -0.25) is 9.36 Å². The molecule has 4 aromatic carbocycles. The number of hydrogen-bond acceptors (Lipinski definition) is 6. The van der Waals surface area contributed by atoms with Crippen LogP contribution in [0.4, 0.5) is 0 Å². The van der Waals surface area contributed by atoms with Crippen LogP contribution in [0.2, 0.25) is 0 Å². The molecule has 0 amide bonds. The summed E-state index contributed by atoms with van der Waals surface area (Å²) < 4.78 is 19.9. The summed E-state index contributed by atoms with van der Waals surface area (Å²) >= 11 is 1.41. The van der Waals surface area contributed by atoms with Crippen molar-refractivity contribution in [1.82, 2.24) is 4.57 Å². The van der Waals surface area contributed by atoms with E-state index < -0.39 is 0 Å². The first-order valence-corrected chi connectivity index (χ1v) is 15.1. The van der Waals surface area contributed by atoms with Crippen molar-refractivity contribution in [2.45, 2.75) is 25.5 Å². The highest BCUT2D eigenvalue weighted by atomic mass is 32.1. The molecule has 1 atom stereocenters. The Labute approximate surface area is 253 Å². The van der Waals surface area contributed by atoms with Gasteiger partial charge in [0.15, 0.2) is 16.3 Å². The molecule has 0 unspecified atom stereocenters. The Kier molecular flexibility index (Phi) is 7.17. The average Bonchev–Trinajstić information content (AvgIpc) is 3.37. The second kappa shape index (κ2) is 11.4. The van der Waals surface area contributed by atoms with E-state index in [9.17, 15) is 4.79 Å². The van der Waals surface area contributed by atoms with Crippen LogP contribution in [0.1, 0.15) is 40.3 Å². The molecule has 0 N–H and O–H groups in total. The summed E-state index contributed by atoms with van der Waals surface area (Å²) in [6, 6.07) is 31.8. The summed E-state index contributed by atoms with van der Waals surface area (Å²) in [7, 11) is 3.30. The van der Waals surface area contributed by atoms with Crippen LogP contribution in [0.3, 0.4) is 0 Å². The van der Waals surface area contributed by atoms with Crippen molar-refractivity contribution in [3.05, 3.63) is 150 Å². The zero-order valence-corrected chi connectivity index (χ0v) is 24.8. The molecule has 6 nitrogen and oxygen atoms in total. The van der Waals surface area contributed by atoms with Crippen LogP contribution in [-0.4, -0.2) is 18.8 Å². The van der Waals surface area contributed by atoms with Crippen molar-refractivity contribution in [2.24, 2.45) is 4.99 Å². The van der Waals surface area contributed by atoms with Gasteiger partial charge >= 0.3 is 0 Å². The number of thiazole rings is 1. The van der Waals surface area contributed by atoms with Crippen molar-refractivity contribution >= 4 is 23.1 Å². The molecule has 0 fully saturated rings. The van der Waals surface area contributed by atoms with E-state index in [2.05, 4.69) is 30.3 Å². The fourth-order valence-electron chi connectivity index (χ4n) is 5.97. The smallest absolute Gasteiger partial charge is 0.271 e. The third-order valence-electron chi connectivity index (χ3n) is 8.03. The van der Waals surface area contributed by atoms with Crippen LogP contribution in [-0.2, 0) is 13.0 Å². The van der Waals surface area contributed by atoms with Crippen LogP contribution in [0, 0.1) is 0 Å². The zero-order valence-electron chi connectivity index (χ0n) is 23.9. The number of methoxy groups -OCH3 is 2. The maximum absolute atomic E-state index is 14.2. The summed E-state index contributed by atoms with van der Waals surface area (Å²) in [5.41, 5.74) is 7.33. The van der Waals surface area contributed by atoms with Crippen LogP contribution < -0.4 is 29.1 Å². The van der Waals surface area contributed by atoms with Gasteiger partial charge in [-0.05, 0) is 59.4 Å². The Bertz CT molecular complexity index is 2040. The van der Waals surface area contributed by atoms with Crippen molar-refractivity contribution in [2.75, 3.05) is 14.2 Å². The molecule has 1 aromatic heterocycles. The van der Waals surface area contributed by atoms with E-state index in [1.807, 2.05) is 77.4 Å². The molecule has 0 saturated heterocycles. The van der Waals surface area contributed by atoms with Gasteiger partial charge in [-0.1, -0.05) is 90.2 Å². The fourth-order valence-corrected chi connectivity index (χ4v) is 6.97. The van der Waals surface area contributed by atoms with E-state index in [1.54, 1.807) is 14.2 Å². The molecular formula is C36H30N2O4S. The number of benzene rings is 4. The molecule has 214 valence electrons. The van der Waals surface area contributed by atoms with Gasteiger partial charge in [0.25, 0.3) is 5.56 Å². The van der Waals surface area contributed by atoms with Gasteiger partial charge in [-0.25, -0.2) is 4.99 Å². The Balaban J connectivity index is 1.34. The monoisotopic (exact) mass is 586 g/mol. The molecule has 7 rings (SSSR count). The Morgan fingerprint density at radius 3 is 2.47 bits per heavy atom. The second-order valence-electron chi connectivity index (χ2n) is 10.5. The number of rotatable bonds is 7. The number of hydrogen-bond donors (Lipinski definition) is 0. The molecule has 2 aliphatic rings. The molecule has 1 aliphatic heterocycles. The number of allylic oxidation sites excluding steroid dienone is 1. The predicted octanol–water partition coefficient (Wildman–Crippen LogP) is 5.91. The second-order valence-corrected chi connectivity index (χ2v) is 11.5. The van der Waals surface area contributed by atoms with Gasteiger partial charge in [0.1, 0.15) is 12.4 Å². The third kappa shape index (κ3) is 4.96. The molecular weight excluding hydrogens is 556 g/mol. The van der Waals surface area contributed by atoms with Crippen molar-refractivity contribution < 1.29 is 14.2 Å². The summed E-state index contributed by atoms with van der Waals surface area (Å²) in [5.74, 6) is 2.01. The minimum Gasteiger partial charge on any atom is -0.496 e. The van der Waals surface area contributed by atoms with Crippen LogP contribution in [0.15, 0.2) is 112 Å². The van der Waals surface area contributed by atoms with E-state index in [4.69, 9.17) is 19.2 Å². The fraction of sp³-hybridized carbons (Fsp3) is 0.167. The molecule has 7 heteroatoms. The van der Waals surface area contributed by atoms with E-state index >= 15 is 0 Å². The molecule has 2 heterocycles. The van der Waals surface area contributed by atoms with Crippen LogP contribution in [0.5, 0.6) is 17.2 Å². The molecule has 5 aromatic rings. The van der Waals surface area contributed by atoms with Crippen LogP contribution >= 0.6 is 11.3 Å². The van der Waals surface area contributed by atoms with E-state index in [-0.39, 0.29) is 11.6 Å². The normalized spacial score (nSPS) is 15.7. The summed E-state index contributed by atoms with van der Waals surface area (Å²) in [6.45, 7) is 0.436. The number of aryl methyl sites for hydroxylation is 1. The first-order valence-electron chi connectivity index (χ1n) is 14.3. The minimum absolute atomic E-state index is 0.0755. The Morgan fingerprint density at radius 1 is 0.860 bits per heavy atom. The average molecular weight is 587 g/mol. The summed E-state index contributed by atoms with van der Waals surface area (Å²) in [4.78, 5) is 20.0. The first kappa shape index (κ1) is 27.0. The van der Waals surface area contributed by atoms with Gasteiger partial charge in [0, 0.05) is 11.1 Å². The SMILES string of the molecule is COc1cc(/C=c2\sc3n(c2=O)[C@@H](c2ccccc2OC)C2=C(N=3)c3ccccc3CC2)ccc1OCc1ccccc1. The number of ether oxygens (including phenoxy) is 3. The molecule has 0 radical (unpaired) electrons. The number of fused-ring (bicyclic) bond motifs is 3. The lowest BCUT2D eigenvalue weighted by Crippen LogP contribution is -2.39. The number of nitrogens with zero attached hydrogens (tertiary/aromatic N) is 2. The Hall–Kier alpha value is -4.88. The standard InChI is InChI=1S/C36H30N2O4S/c1-40-29-15-9-8-14-27(29)34-28-18-17-25-12-6-7-13-26(25)33(28)37-36-38(34)35(39)32(43-36)21-24-16-19-30(31(20-24)41-2)42-22-23-10-4-3-5-11-23/h3-16,19-21,34H,17-18,22H2,1-2H3/b32-21-/t34-/m0/s1. The molecule has 0 spiro atoms. The van der Waals surface area contributed by atoms with Gasteiger partial charge in [0.05, 0.1) is 30.5 Å². The topological polar surface area (TPSA) is 62.0 Å². The van der Waals surface area contributed by atoms with Crippen LogP contribution in [0.25, 0.3) is 11.8 Å². The largest absolute Gasteiger partial charge is 0.496 e. The first-order chi connectivity index (χ1) is 21.1. The maximum Gasteiger partial charge on any atom is 0.271 e. The third-order valence-corrected chi connectivity index (χ3v) is 9.01. The maximum atomic E-state index is 14.2. The molecule has 43 heavy (non-hydrogen) atoms. The van der Waals surface area contributed by atoms with E-state index in [1.165, 1.54) is 16.9 Å². The zero-order chi connectivity index (χ0) is 29.3. The van der Waals surface area contributed by atoms with Crippen molar-refractivity contribution in [3.63, 3.8) is 0 Å². The van der Waals surface area contributed by atoms with E-state index in [0.29, 0.717) is 27.4 Å². The summed E-state index contributed by atoms with van der Waals surface area (Å²) in [6.07, 6.45) is 3.63. The Morgan fingerprint density at radius 2 is 1.63 bits per heavy atom. The lowest BCUT2D eigenvalue weighted by Gasteiger charge is -2.31. The summed E-state index contributed by atoms with van der Waals surface area (Å²) in [5, 5.41) is 0. The van der Waals surface area contributed by atoms with Gasteiger partial charge < -0.3 is 14.2 Å². The quantitative estimate of drug-likeness (QED) is 0.238. The van der Waals surface area contributed by atoms with Gasteiger partial charge in [-0.2, -0.15) is 0 Å². The number of para-hydroxylation sites is 1. The highest BCUT2D eigenvalue weighted by Gasteiger charge is 2.34. The van der Waals surface area contributed by atoms with Gasteiger partial charge in [-0.15, -0.1) is 0 Å². The van der Waals surface area contributed by atoms with Crippen molar-refractivity contribution in [1.29, 1.82) is 0 Å². The molecule has 1 aliphatic carbocycles. The predicted molar refractivity (Wildman–Crippen MR) is 170 cm³/mol. The highest BCUT2D eigenvalue weighted by Crippen LogP contribution is 2.43. The van der Waals surface area contributed by atoms with Crippen molar-refractivity contribution in [3.8, 4) is 17.2 Å². The molecule has 0 saturated carbocycles. The number of aromatic nitrogens is 1. The lowest BCUT2D eigenvalue weighted by atomic mass is 9.83. The van der Waals surface area contributed by atoms with E-state index in [0.717, 1.165) is 52.1 Å². The lowest BCUT2D eigenvalue weighted by molar-refractivity contribution is 0.284. The van der Waals surface area contributed by atoms with Gasteiger partial charge in [0.2, 0.25) is 0 Å². The highest BCUT2D eigenvalue weighted by molar-refractivity contribution is 7.07. The molecule has 0 bridgehead atoms.